The van der Waals surface area contributed by atoms with E-state index in [-0.39, 0.29) is 0 Å². The van der Waals surface area contributed by atoms with Gasteiger partial charge in [-0.1, -0.05) is 0 Å². The maximum Gasteiger partial charge on any atom is 0.173 e. The highest BCUT2D eigenvalue weighted by Gasteiger charge is 2.13. The lowest BCUT2D eigenvalue weighted by atomic mass is 10.2. The molecule has 1 aromatic carbocycles. The molecular formula is C14H14O4S4. The minimum absolute atomic E-state index is 0.404. The summed E-state index contributed by atoms with van der Waals surface area (Å²) < 4.78 is 21.6. The number of thiol groups is 4. The summed E-state index contributed by atoms with van der Waals surface area (Å²) in [7, 11) is 0. The zero-order chi connectivity index (χ0) is 16.2. The van der Waals surface area contributed by atoms with Crippen LogP contribution < -0.4 is 18.9 Å². The Morgan fingerprint density at radius 1 is 0.500 bits per heavy atom. The molecule has 0 bridgehead atoms. The highest BCUT2D eigenvalue weighted by Crippen LogP contribution is 2.40. The minimum atomic E-state index is 0.404. The molecule has 4 nitrogen and oxygen atoms in total. The van der Waals surface area contributed by atoms with E-state index >= 15 is 0 Å². The van der Waals surface area contributed by atoms with Gasteiger partial charge in [0.15, 0.2) is 23.0 Å². The zero-order valence-corrected chi connectivity index (χ0v) is 14.8. The molecule has 0 aliphatic rings. The van der Waals surface area contributed by atoms with E-state index in [2.05, 4.69) is 50.5 Å². The molecule has 0 amide bonds. The van der Waals surface area contributed by atoms with Gasteiger partial charge in [-0.2, -0.15) is 0 Å². The first kappa shape index (κ1) is 18.8. The number of benzene rings is 1. The van der Waals surface area contributed by atoms with Gasteiger partial charge in [0.2, 0.25) is 0 Å². The first-order valence-corrected chi connectivity index (χ1v) is 7.85. The van der Waals surface area contributed by atoms with Crippen molar-refractivity contribution in [3.8, 4) is 23.0 Å². The van der Waals surface area contributed by atoms with E-state index in [1.807, 2.05) is 0 Å². The molecule has 0 fully saturated rings. The fraction of sp³-hybridized carbons (Fsp3) is 0. The Morgan fingerprint density at radius 2 is 0.727 bits per heavy atom. The van der Waals surface area contributed by atoms with Crippen molar-refractivity contribution in [2.45, 2.75) is 0 Å². The van der Waals surface area contributed by atoms with Gasteiger partial charge in [0.1, 0.15) is 0 Å². The lowest BCUT2D eigenvalue weighted by molar-refractivity contribution is 0.389. The summed E-state index contributed by atoms with van der Waals surface area (Å²) in [4.78, 5) is 0. The molecule has 118 valence electrons. The van der Waals surface area contributed by atoms with Crippen molar-refractivity contribution in [3.05, 3.63) is 58.8 Å². The second-order valence-electron chi connectivity index (χ2n) is 3.36. The topological polar surface area (TPSA) is 36.9 Å². The second-order valence-corrected chi connectivity index (χ2v) is 4.55. The van der Waals surface area contributed by atoms with Crippen LogP contribution in [0.25, 0.3) is 0 Å². The van der Waals surface area contributed by atoms with E-state index in [9.17, 15) is 0 Å². The standard InChI is InChI=1S/C14H14O4S4/c19-5-1-15-11-9-13(17-3-7-21)14(18-4-8-22)10-12(11)16-2-6-20/h1-10,19-22H. The number of ether oxygens (including phenoxy) is 4. The predicted octanol–water partition coefficient (Wildman–Crippen LogP) is 4.81. The fourth-order valence-electron chi connectivity index (χ4n) is 1.31. The average molecular weight is 375 g/mol. The predicted molar refractivity (Wildman–Crippen MR) is 101 cm³/mol. The van der Waals surface area contributed by atoms with Crippen LogP contribution in [0.5, 0.6) is 23.0 Å². The zero-order valence-electron chi connectivity index (χ0n) is 11.2. The Balaban J connectivity index is 3.26. The van der Waals surface area contributed by atoms with E-state index in [0.29, 0.717) is 23.0 Å². The number of hydrogen-bond donors (Lipinski definition) is 4. The lowest BCUT2D eigenvalue weighted by Crippen LogP contribution is -1.94. The van der Waals surface area contributed by atoms with E-state index in [4.69, 9.17) is 18.9 Å². The maximum atomic E-state index is 5.41. The minimum Gasteiger partial charge on any atom is -0.460 e. The molecular weight excluding hydrogens is 360 g/mol. The molecule has 22 heavy (non-hydrogen) atoms. The monoisotopic (exact) mass is 374 g/mol. The van der Waals surface area contributed by atoms with Crippen LogP contribution in [0.3, 0.4) is 0 Å². The molecule has 0 N–H and O–H groups in total. The molecule has 0 saturated carbocycles. The van der Waals surface area contributed by atoms with E-state index in [1.54, 1.807) is 12.1 Å². The molecule has 0 atom stereocenters. The summed E-state index contributed by atoms with van der Waals surface area (Å²) >= 11 is 15.7. The van der Waals surface area contributed by atoms with Crippen LogP contribution in [0.15, 0.2) is 58.8 Å². The van der Waals surface area contributed by atoms with Crippen molar-refractivity contribution >= 4 is 50.5 Å². The summed E-state index contributed by atoms with van der Waals surface area (Å²) in [6, 6.07) is 3.20. The van der Waals surface area contributed by atoms with E-state index in [1.165, 1.54) is 46.7 Å². The van der Waals surface area contributed by atoms with Gasteiger partial charge in [-0.05, 0) is 0 Å². The van der Waals surface area contributed by atoms with Crippen LogP contribution in [0.4, 0.5) is 0 Å². The first-order chi connectivity index (χ1) is 10.8. The molecule has 0 aliphatic heterocycles. The van der Waals surface area contributed by atoms with Crippen LogP contribution in [-0.4, -0.2) is 0 Å². The third-order valence-electron chi connectivity index (χ3n) is 2.03. The molecule has 1 aromatic rings. The molecule has 0 aromatic heterocycles. The van der Waals surface area contributed by atoms with Crippen molar-refractivity contribution in [1.29, 1.82) is 0 Å². The van der Waals surface area contributed by atoms with Crippen LogP contribution in [0.1, 0.15) is 0 Å². The average Bonchev–Trinajstić information content (AvgIpc) is 2.55. The third-order valence-corrected chi connectivity index (χ3v) is 2.52. The summed E-state index contributed by atoms with van der Waals surface area (Å²) in [5.74, 6) is 1.62. The molecule has 0 aliphatic carbocycles. The van der Waals surface area contributed by atoms with Gasteiger partial charge in [0.25, 0.3) is 0 Å². The van der Waals surface area contributed by atoms with Crippen LogP contribution in [0.2, 0.25) is 0 Å². The molecule has 0 radical (unpaired) electrons. The smallest absolute Gasteiger partial charge is 0.173 e. The summed E-state index contributed by atoms with van der Waals surface area (Å²) in [6.45, 7) is 0. The Kier molecular flexibility index (Phi) is 9.72. The number of hydrogen-bond acceptors (Lipinski definition) is 8. The van der Waals surface area contributed by atoms with Gasteiger partial charge in [-0.15, -0.1) is 50.5 Å². The van der Waals surface area contributed by atoms with Gasteiger partial charge in [0, 0.05) is 33.8 Å². The van der Waals surface area contributed by atoms with Crippen molar-refractivity contribution in [1.82, 2.24) is 0 Å². The summed E-state index contributed by atoms with van der Waals surface area (Å²) in [6.07, 6.45) is 5.56. The van der Waals surface area contributed by atoms with Gasteiger partial charge >= 0.3 is 0 Å². The Labute approximate surface area is 151 Å². The fourth-order valence-corrected chi connectivity index (χ4v) is 1.55. The molecule has 0 spiro atoms. The largest absolute Gasteiger partial charge is 0.460 e. The highest BCUT2D eigenvalue weighted by atomic mass is 32.1. The van der Waals surface area contributed by atoms with E-state index < -0.39 is 0 Å². The van der Waals surface area contributed by atoms with Crippen LogP contribution in [-0.2, 0) is 0 Å². The first-order valence-electron chi connectivity index (χ1n) is 5.78. The quantitative estimate of drug-likeness (QED) is 0.389. The molecule has 0 heterocycles. The molecule has 8 heteroatoms. The summed E-state index contributed by atoms with van der Waals surface area (Å²) in [5, 5.41) is 5.78. The Bertz CT molecular complexity index is 484. The van der Waals surface area contributed by atoms with Crippen molar-refractivity contribution < 1.29 is 18.9 Å². The summed E-state index contributed by atoms with van der Waals surface area (Å²) in [5.41, 5.74) is 0. The van der Waals surface area contributed by atoms with Crippen molar-refractivity contribution in [3.63, 3.8) is 0 Å². The maximum absolute atomic E-state index is 5.41. The number of rotatable bonds is 8. The molecule has 0 unspecified atom stereocenters. The molecule has 1 rings (SSSR count). The Hall–Kier alpha value is -1.22. The lowest BCUT2D eigenvalue weighted by Gasteiger charge is -2.13. The van der Waals surface area contributed by atoms with E-state index in [0.717, 1.165) is 0 Å². The van der Waals surface area contributed by atoms with Gasteiger partial charge in [0.05, 0.1) is 25.0 Å². The highest BCUT2D eigenvalue weighted by molar-refractivity contribution is 7.83. The second kappa shape index (κ2) is 11.4. The van der Waals surface area contributed by atoms with Crippen molar-refractivity contribution in [2.75, 3.05) is 0 Å². The molecule has 0 saturated heterocycles. The third kappa shape index (κ3) is 6.27. The van der Waals surface area contributed by atoms with Crippen LogP contribution >= 0.6 is 50.5 Å². The van der Waals surface area contributed by atoms with Crippen molar-refractivity contribution in [2.24, 2.45) is 0 Å². The normalized spacial score (nSPS) is 11.8. The van der Waals surface area contributed by atoms with Gasteiger partial charge < -0.3 is 18.9 Å². The SMILES string of the molecule is SC=COc1cc(OC=CS)c(OC=CS)cc1OC=CS. The Morgan fingerprint density at radius 3 is 0.909 bits per heavy atom. The van der Waals surface area contributed by atoms with Crippen LogP contribution in [0, 0.1) is 0 Å². The van der Waals surface area contributed by atoms with Gasteiger partial charge in [-0.3, -0.25) is 0 Å². The van der Waals surface area contributed by atoms with Gasteiger partial charge in [-0.25, -0.2) is 0 Å².